The first-order valence-corrected chi connectivity index (χ1v) is 2.38. The van der Waals surface area contributed by atoms with Gasteiger partial charge in [0, 0.05) is 6.26 Å². The fourth-order valence-corrected chi connectivity index (χ4v) is 0. The number of nitrogens with two attached hydrogens (primary N) is 1. The Morgan fingerprint density at radius 2 is 2.20 bits per heavy atom. The van der Waals surface area contributed by atoms with Gasteiger partial charge in [-0.3, -0.25) is 0 Å². The third kappa shape index (κ3) is 4.24. The van der Waals surface area contributed by atoms with Crippen LogP contribution in [-0.2, 0) is 0 Å². The van der Waals surface area contributed by atoms with Crippen molar-refractivity contribution in [2.45, 2.75) is 0 Å². The zero-order valence-electron chi connectivity index (χ0n) is 2.60. The van der Waals surface area contributed by atoms with Gasteiger partial charge >= 0.3 is 0 Å². The van der Waals surface area contributed by atoms with Crippen LogP contribution in [0.1, 0.15) is 0 Å². The van der Waals surface area contributed by atoms with Gasteiger partial charge in [0.05, 0.1) is 0 Å². The van der Waals surface area contributed by atoms with Crippen LogP contribution < -0.4 is 5.73 Å². The van der Waals surface area contributed by atoms with E-state index < -0.39 is 0 Å². The summed E-state index contributed by atoms with van der Waals surface area (Å²) in [5, 5.41) is 0. The van der Waals surface area contributed by atoms with Gasteiger partial charge in [-0.1, -0.05) is 24.0 Å². The van der Waals surface area contributed by atoms with Gasteiger partial charge in [-0.2, -0.15) is 0 Å². The van der Waals surface area contributed by atoms with Crippen LogP contribution in [0.5, 0.6) is 0 Å². The van der Waals surface area contributed by atoms with E-state index >= 15 is 0 Å². The molecule has 0 saturated carbocycles. The molecule has 0 aromatic heterocycles. The van der Waals surface area contributed by atoms with Crippen molar-refractivity contribution < 1.29 is 0 Å². The SMILES string of the molecule is [CH2]SC(N)=S. The molecule has 0 aliphatic heterocycles. The molecule has 0 aliphatic rings. The fourth-order valence-electron chi connectivity index (χ4n) is 0. The third-order valence-corrected chi connectivity index (χ3v) is 0.780. The summed E-state index contributed by atoms with van der Waals surface area (Å²) in [4.78, 5) is 0. The first-order chi connectivity index (χ1) is 2.27. The van der Waals surface area contributed by atoms with Gasteiger partial charge in [-0.25, -0.2) is 0 Å². The molecule has 3 heteroatoms. The van der Waals surface area contributed by atoms with E-state index in [2.05, 4.69) is 18.5 Å². The zero-order chi connectivity index (χ0) is 4.28. The van der Waals surface area contributed by atoms with Crippen LogP contribution in [0.25, 0.3) is 0 Å². The Balaban J connectivity index is 2.85. The van der Waals surface area contributed by atoms with Crippen LogP contribution in [0, 0.1) is 6.26 Å². The van der Waals surface area contributed by atoms with Gasteiger partial charge in [0.1, 0.15) is 4.32 Å². The highest BCUT2D eigenvalue weighted by atomic mass is 32.2. The van der Waals surface area contributed by atoms with Crippen LogP contribution in [-0.4, -0.2) is 4.32 Å². The molecule has 0 heterocycles. The first-order valence-electron chi connectivity index (χ1n) is 0.986. The quantitative estimate of drug-likeness (QED) is 0.462. The zero-order valence-corrected chi connectivity index (χ0v) is 4.23. The topological polar surface area (TPSA) is 26.0 Å². The lowest BCUT2D eigenvalue weighted by molar-refractivity contribution is 1.91. The predicted octanol–water partition coefficient (Wildman–Crippen LogP) is 0.755. The fraction of sp³-hybridized carbons (Fsp3) is 0. The van der Waals surface area contributed by atoms with Gasteiger partial charge in [0.15, 0.2) is 0 Å². The van der Waals surface area contributed by atoms with Gasteiger partial charge in [-0.05, 0) is 0 Å². The monoisotopic (exact) mass is 106 g/mol. The molecule has 2 N–H and O–H groups in total. The van der Waals surface area contributed by atoms with Crippen molar-refractivity contribution >= 4 is 28.3 Å². The first kappa shape index (κ1) is 5.24. The van der Waals surface area contributed by atoms with E-state index in [1.165, 1.54) is 0 Å². The van der Waals surface area contributed by atoms with E-state index in [1.807, 2.05) is 0 Å². The van der Waals surface area contributed by atoms with Crippen molar-refractivity contribution in [3.8, 4) is 0 Å². The Kier molecular flexibility index (Phi) is 2.59. The largest absolute Gasteiger partial charge is 0.385 e. The molecule has 0 saturated heterocycles. The second-order valence-corrected chi connectivity index (χ2v) is 1.89. The summed E-state index contributed by atoms with van der Waals surface area (Å²) >= 11 is 5.51. The van der Waals surface area contributed by atoms with Crippen molar-refractivity contribution in [2.75, 3.05) is 0 Å². The molecule has 1 radical (unpaired) electrons. The highest BCUT2D eigenvalue weighted by Crippen LogP contribution is 1.90. The minimum absolute atomic E-state index is 0.394. The van der Waals surface area contributed by atoms with Crippen molar-refractivity contribution in [1.82, 2.24) is 0 Å². The maximum absolute atomic E-state index is 4.92. The summed E-state index contributed by atoms with van der Waals surface area (Å²) in [6.45, 7) is 0. The van der Waals surface area contributed by atoms with Crippen molar-refractivity contribution in [1.29, 1.82) is 0 Å². The Bertz CT molecular complexity index is 42.9. The van der Waals surface area contributed by atoms with E-state index in [-0.39, 0.29) is 0 Å². The average Bonchev–Trinajstić information content (AvgIpc) is 1.38. The van der Waals surface area contributed by atoms with Gasteiger partial charge < -0.3 is 5.73 Å². The number of hydrogen-bond acceptors (Lipinski definition) is 2. The summed E-state index contributed by atoms with van der Waals surface area (Å²) in [6.07, 6.45) is 3.34. The van der Waals surface area contributed by atoms with Crippen LogP contribution in [0.15, 0.2) is 0 Å². The Labute approximate surface area is 40.9 Å². The van der Waals surface area contributed by atoms with E-state index in [1.54, 1.807) is 0 Å². The summed E-state index contributed by atoms with van der Waals surface area (Å²) in [5.74, 6) is 0. The van der Waals surface area contributed by atoms with E-state index in [0.29, 0.717) is 4.32 Å². The molecule has 0 aromatic rings. The molecule has 0 amide bonds. The molecule has 0 bridgehead atoms. The van der Waals surface area contributed by atoms with Crippen molar-refractivity contribution in [3.05, 3.63) is 6.26 Å². The minimum Gasteiger partial charge on any atom is -0.385 e. The second kappa shape index (κ2) is 2.48. The highest BCUT2D eigenvalue weighted by molar-refractivity contribution is 8.23. The van der Waals surface area contributed by atoms with Crippen molar-refractivity contribution in [2.24, 2.45) is 5.73 Å². The Morgan fingerprint density at radius 3 is 2.20 bits per heavy atom. The van der Waals surface area contributed by atoms with E-state index in [0.717, 1.165) is 11.8 Å². The number of thiocarbonyl (C=S) groups is 1. The van der Waals surface area contributed by atoms with E-state index in [4.69, 9.17) is 5.73 Å². The molecular formula is C2H4NS2. The summed E-state index contributed by atoms with van der Waals surface area (Å²) in [7, 11) is 0. The molecule has 0 rings (SSSR count). The summed E-state index contributed by atoms with van der Waals surface area (Å²) in [6, 6.07) is 0. The Morgan fingerprint density at radius 1 is 2.00 bits per heavy atom. The predicted molar refractivity (Wildman–Crippen MR) is 29.7 cm³/mol. The second-order valence-electron chi connectivity index (χ2n) is 0.463. The summed E-state index contributed by atoms with van der Waals surface area (Å²) < 4.78 is 0.394. The molecule has 0 aliphatic carbocycles. The number of rotatable bonds is 0. The number of thioether (sulfide) groups is 1. The molecular weight excluding hydrogens is 102 g/mol. The number of hydrogen-bond donors (Lipinski definition) is 1. The molecule has 0 aromatic carbocycles. The molecule has 0 atom stereocenters. The molecule has 0 unspecified atom stereocenters. The van der Waals surface area contributed by atoms with Gasteiger partial charge in [0.2, 0.25) is 0 Å². The third-order valence-electron chi connectivity index (χ3n) is 0.142. The lowest BCUT2D eigenvalue weighted by Gasteiger charge is -1.77. The van der Waals surface area contributed by atoms with Crippen LogP contribution in [0.4, 0.5) is 0 Å². The molecule has 5 heavy (non-hydrogen) atoms. The maximum atomic E-state index is 4.92. The Hall–Kier alpha value is 0.240. The van der Waals surface area contributed by atoms with Crippen LogP contribution in [0.2, 0.25) is 0 Å². The van der Waals surface area contributed by atoms with E-state index in [9.17, 15) is 0 Å². The lowest BCUT2D eigenvalue weighted by atomic mass is 11.5. The normalized spacial score (nSPS) is 7.40. The minimum atomic E-state index is 0.394. The maximum Gasteiger partial charge on any atom is 0.131 e. The highest BCUT2D eigenvalue weighted by Gasteiger charge is 1.71. The van der Waals surface area contributed by atoms with Crippen molar-refractivity contribution in [3.63, 3.8) is 0 Å². The molecule has 29 valence electrons. The average molecular weight is 106 g/mol. The lowest BCUT2D eigenvalue weighted by Crippen LogP contribution is -1.98. The standard InChI is InChI=1S/C2H4NS2/c1-5-2(3)4/h1H2,(H2,3,4). The van der Waals surface area contributed by atoms with Crippen LogP contribution >= 0.6 is 24.0 Å². The molecule has 0 spiro atoms. The van der Waals surface area contributed by atoms with Gasteiger partial charge in [0.25, 0.3) is 0 Å². The van der Waals surface area contributed by atoms with Crippen LogP contribution in [0.3, 0.4) is 0 Å². The summed E-state index contributed by atoms with van der Waals surface area (Å²) in [5.41, 5.74) is 4.92. The molecule has 1 nitrogen and oxygen atoms in total. The smallest absolute Gasteiger partial charge is 0.131 e. The van der Waals surface area contributed by atoms with Gasteiger partial charge in [-0.15, -0.1) is 0 Å². The molecule has 0 fully saturated rings.